The van der Waals surface area contributed by atoms with Gasteiger partial charge >= 0.3 is 0 Å². The van der Waals surface area contributed by atoms with Gasteiger partial charge in [0.15, 0.2) is 0 Å². The molecule has 0 aliphatic heterocycles. The van der Waals surface area contributed by atoms with Crippen LogP contribution in [0.5, 0.6) is 5.88 Å². The Balaban J connectivity index is 2.47. The molecule has 0 aliphatic rings. The van der Waals surface area contributed by atoms with Crippen LogP contribution in [0.15, 0.2) is 30.3 Å². The van der Waals surface area contributed by atoms with Crippen molar-refractivity contribution >= 4 is 5.69 Å². The van der Waals surface area contributed by atoms with Gasteiger partial charge in [-0.25, -0.2) is 4.39 Å². The van der Waals surface area contributed by atoms with E-state index >= 15 is 0 Å². The van der Waals surface area contributed by atoms with Gasteiger partial charge in [-0.1, -0.05) is 18.2 Å². The van der Waals surface area contributed by atoms with Crippen molar-refractivity contribution < 1.29 is 9.13 Å². The smallest absolute Gasteiger partial charge is 0.219 e. The summed E-state index contributed by atoms with van der Waals surface area (Å²) in [5.74, 6) is 0.0673. The van der Waals surface area contributed by atoms with E-state index in [-0.39, 0.29) is 12.4 Å². The van der Waals surface area contributed by atoms with Gasteiger partial charge in [0.25, 0.3) is 0 Å². The Hall–Kier alpha value is -2.48. The molecule has 0 spiro atoms. The van der Waals surface area contributed by atoms with Crippen molar-refractivity contribution in [2.75, 3.05) is 5.73 Å². The SMILES string of the molecule is CC(C)(C)Oc1c(N)cc(C#N)n1Cc1ccccc1F. The average Bonchev–Trinajstić information content (AvgIpc) is 2.68. The van der Waals surface area contributed by atoms with Gasteiger partial charge in [-0.05, 0) is 26.8 Å². The number of nitrogens with zero attached hydrogens (tertiary/aromatic N) is 2. The summed E-state index contributed by atoms with van der Waals surface area (Å²) >= 11 is 0. The number of aromatic nitrogens is 1. The van der Waals surface area contributed by atoms with E-state index < -0.39 is 5.60 Å². The van der Waals surface area contributed by atoms with Crippen molar-refractivity contribution in [3.63, 3.8) is 0 Å². The summed E-state index contributed by atoms with van der Waals surface area (Å²) in [6.45, 7) is 5.86. The van der Waals surface area contributed by atoms with Gasteiger partial charge in [-0.2, -0.15) is 5.26 Å². The fourth-order valence-electron chi connectivity index (χ4n) is 2.00. The van der Waals surface area contributed by atoms with E-state index in [2.05, 4.69) is 6.07 Å². The minimum atomic E-state index is -0.466. The number of nitrogens with two attached hydrogens (primary N) is 1. The number of benzene rings is 1. The molecule has 0 atom stereocenters. The van der Waals surface area contributed by atoms with Gasteiger partial charge in [0.05, 0.1) is 12.2 Å². The fraction of sp³-hybridized carbons (Fsp3) is 0.312. The van der Waals surface area contributed by atoms with Crippen molar-refractivity contribution in [3.05, 3.63) is 47.4 Å². The van der Waals surface area contributed by atoms with Crippen LogP contribution in [0.1, 0.15) is 32.0 Å². The summed E-state index contributed by atoms with van der Waals surface area (Å²) in [4.78, 5) is 0. The number of ether oxygens (including phenoxy) is 1. The van der Waals surface area contributed by atoms with Crippen molar-refractivity contribution in [1.29, 1.82) is 5.26 Å². The molecule has 0 bridgehead atoms. The predicted octanol–water partition coefficient (Wildman–Crippen LogP) is 3.31. The van der Waals surface area contributed by atoms with Crippen molar-refractivity contribution in [2.24, 2.45) is 0 Å². The van der Waals surface area contributed by atoms with Gasteiger partial charge in [-0.15, -0.1) is 0 Å². The Labute approximate surface area is 123 Å². The first-order valence-electron chi connectivity index (χ1n) is 6.63. The highest BCUT2D eigenvalue weighted by Gasteiger charge is 2.21. The Kier molecular flexibility index (Phi) is 3.90. The summed E-state index contributed by atoms with van der Waals surface area (Å²) in [6, 6.07) is 10.0. The monoisotopic (exact) mass is 287 g/mol. The fourth-order valence-corrected chi connectivity index (χ4v) is 2.00. The third-order valence-corrected chi connectivity index (χ3v) is 2.88. The van der Waals surface area contributed by atoms with E-state index in [1.165, 1.54) is 6.07 Å². The molecule has 2 aromatic rings. The lowest BCUT2D eigenvalue weighted by Gasteiger charge is -2.23. The first kappa shape index (κ1) is 14.9. The molecule has 0 saturated heterocycles. The lowest BCUT2D eigenvalue weighted by molar-refractivity contribution is 0.119. The molecule has 0 aliphatic carbocycles. The van der Waals surface area contributed by atoms with Crippen molar-refractivity contribution in [3.8, 4) is 11.9 Å². The second-order valence-electron chi connectivity index (χ2n) is 5.79. The van der Waals surface area contributed by atoms with Gasteiger partial charge in [-0.3, -0.25) is 4.57 Å². The van der Waals surface area contributed by atoms with Crippen LogP contribution in [-0.2, 0) is 6.54 Å². The third-order valence-electron chi connectivity index (χ3n) is 2.88. The molecule has 0 amide bonds. The Morgan fingerprint density at radius 3 is 2.57 bits per heavy atom. The molecular weight excluding hydrogens is 269 g/mol. The van der Waals surface area contributed by atoms with E-state index in [0.29, 0.717) is 22.8 Å². The summed E-state index contributed by atoms with van der Waals surface area (Å²) < 4.78 is 21.2. The zero-order valence-corrected chi connectivity index (χ0v) is 12.4. The van der Waals surface area contributed by atoms with Gasteiger partial charge in [0, 0.05) is 11.6 Å². The quantitative estimate of drug-likeness (QED) is 0.942. The highest BCUT2D eigenvalue weighted by molar-refractivity contribution is 5.55. The van der Waals surface area contributed by atoms with Crippen LogP contribution in [0.4, 0.5) is 10.1 Å². The maximum absolute atomic E-state index is 13.8. The first-order chi connectivity index (χ1) is 9.81. The molecule has 1 aromatic carbocycles. The Bertz CT molecular complexity index is 693. The minimum absolute atomic E-state index is 0.193. The molecule has 1 heterocycles. The number of hydrogen-bond donors (Lipinski definition) is 1. The number of nitrogen functional groups attached to an aromatic ring is 1. The summed E-state index contributed by atoms with van der Waals surface area (Å²) in [5.41, 5.74) is 6.65. The Morgan fingerprint density at radius 2 is 2.00 bits per heavy atom. The summed E-state index contributed by atoms with van der Waals surface area (Å²) in [6.07, 6.45) is 0. The van der Waals surface area contributed by atoms with Gasteiger partial charge < -0.3 is 10.5 Å². The van der Waals surface area contributed by atoms with Crippen LogP contribution in [0.25, 0.3) is 0 Å². The molecule has 110 valence electrons. The third kappa shape index (κ3) is 3.34. The second-order valence-corrected chi connectivity index (χ2v) is 5.79. The summed E-state index contributed by atoms with van der Waals surface area (Å²) in [5, 5.41) is 9.23. The summed E-state index contributed by atoms with van der Waals surface area (Å²) in [7, 11) is 0. The molecule has 4 nitrogen and oxygen atoms in total. The molecule has 0 unspecified atom stereocenters. The van der Waals surface area contributed by atoms with Crippen LogP contribution in [0, 0.1) is 17.1 Å². The van der Waals surface area contributed by atoms with E-state index in [9.17, 15) is 9.65 Å². The molecule has 5 heteroatoms. The molecule has 2 rings (SSSR count). The molecule has 2 N–H and O–H groups in total. The lowest BCUT2D eigenvalue weighted by atomic mass is 10.2. The Morgan fingerprint density at radius 1 is 1.33 bits per heavy atom. The normalized spacial score (nSPS) is 11.2. The number of rotatable bonds is 3. The molecule has 0 saturated carbocycles. The van der Waals surface area contributed by atoms with Crippen LogP contribution in [0.2, 0.25) is 0 Å². The van der Waals surface area contributed by atoms with Crippen LogP contribution in [-0.4, -0.2) is 10.2 Å². The van der Waals surface area contributed by atoms with Gasteiger partial charge in [0.1, 0.15) is 23.2 Å². The van der Waals surface area contributed by atoms with E-state index in [1.807, 2.05) is 20.8 Å². The van der Waals surface area contributed by atoms with Crippen molar-refractivity contribution in [2.45, 2.75) is 32.9 Å². The zero-order valence-electron chi connectivity index (χ0n) is 12.4. The molecular formula is C16H18FN3O. The molecule has 1 aromatic heterocycles. The number of anilines is 1. The molecule has 21 heavy (non-hydrogen) atoms. The van der Waals surface area contributed by atoms with Crippen LogP contribution in [0.3, 0.4) is 0 Å². The highest BCUT2D eigenvalue weighted by atomic mass is 19.1. The molecule has 0 fully saturated rings. The standard InChI is InChI=1S/C16H18FN3O/c1-16(2,3)21-15-14(19)8-12(9-18)20(15)10-11-6-4-5-7-13(11)17/h4-8H,10,19H2,1-3H3. The van der Waals surface area contributed by atoms with Crippen LogP contribution < -0.4 is 10.5 Å². The number of nitriles is 1. The number of halogens is 1. The number of hydrogen-bond acceptors (Lipinski definition) is 3. The second kappa shape index (κ2) is 5.49. The maximum Gasteiger partial charge on any atom is 0.219 e. The predicted molar refractivity (Wildman–Crippen MR) is 79.4 cm³/mol. The highest BCUT2D eigenvalue weighted by Crippen LogP contribution is 2.30. The minimum Gasteiger partial charge on any atom is -0.472 e. The van der Waals surface area contributed by atoms with E-state index in [0.717, 1.165) is 0 Å². The average molecular weight is 287 g/mol. The van der Waals surface area contributed by atoms with Crippen LogP contribution >= 0.6 is 0 Å². The topological polar surface area (TPSA) is 64.0 Å². The van der Waals surface area contributed by atoms with Gasteiger partial charge in [0.2, 0.25) is 5.88 Å². The zero-order chi connectivity index (χ0) is 15.6. The van der Waals surface area contributed by atoms with E-state index in [1.54, 1.807) is 28.8 Å². The largest absolute Gasteiger partial charge is 0.472 e. The first-order valence-corrected chi connectivity index (χ1v) is 6.63. The maximum atomic E-state index is 13.8. The van der Waals surface area contributed by atoms with E-state index in [4.69, 9.17) is 10.5 Å². The van der Waals surface area contributed by atoms with Crippen molar-refractivity contribution in [1.82, 2.24) is 4.57 Å². The lowest BCUT2D eigenvalue weighted by Crippen LogP contribution is -2.25. The molecule has 0 radical (unpaired) electrons.